The highest BCUT2D eigenvalue weighted by Gasteiger charge is 2.29. The maximum atomic E-state index is 12.4. The Morgan fingerprint density at radius 1 is 1.48 bits per heavy atom. The Morgan fingerprint density at radius 2 is 2.26 bits per heavy atom. The van der Waals surface area contributed by atoms with Gasteiger partial charge in [-0.1, -0.05) is 12.1 Å². The average molecular weight is 339 g/mol. The molecule has 23 heavy (non-hydrogen) atoms. The third-order valence-electron chi connectivity index (χ3n) is 3.56. The summed E-state index contributed by atoms with van der Waals surface area (Å²) in [5, 5.41) is 7.02. The van der Waals surface area contributed by atoms with Gasteiger partial charge in [-0.15, -0.1) is 11.8 Å². The first-order valence-corrected chi connectivity index (χ1v) is 8.00. The summed E-state index contributed by atoms with van der Waals surface area (Å²) in [6.07, 6.45) is 0. The number of aromatic nitrogens is 2. The molecule has 0 radical (unpaired) electrons. The van der Waals surface area contributed by atoms with Gasteiger partial charge >= 0.3 is 6.61 Å². The third-order valence-corrected chi connectivity index (χ3v) is 4.83. The van der Waals surface area contributed by atoms with Gasteiger partial charge in [-0.2, -0.15) is 13.9 Å². The van der Waals surface area contributed by atoms with Gasteiger partial charge < -0.3 is 10.1 Å². The number of ether oxygens (including phenoxy) is 1. The monoisotopic (exact) mass is 339 g/mol. The minimum atomic E-state index is -2.87. The topological polar surface area (TPSA) is 56.2 Å². The molecule has 1 aliphatic heterocycles. The lowest BCUT2D eigenvalue weighted by Crippen LogP contribution is -2.15. The van der Waals surface area contributed by atoms with E-state index in [1.807, 2.05) is 13.0 Å². The Labute approximate surface area is 136 Å². The number of alkyl halides is 2. The van der Waals surface area contributed by atoms with Crippen LogP contribution in [0.2, 0.25) is 0 Å². The van der Waals surface area contributed by atoms with Crippen molar-refractivity contribution in [2.75, 3.05) is 11.1 Å². The fourth-order valence-corrected chi connectivity index (χ4v) is 3.84. The first-order chi connectivity index (χ1) is 11.0. The SMILES string of the molecule is Cc1nn(C)c2c1[C@H](c1cccc(OC(F)F)c1)SCC(=O)N2. The Morgan fingerprint density at radius 3 is 3.00 bits per heavy atom. The molecule has 2 heterocycles. The molecule has 0 saturated carbocycles. The molecule has 1 amide bonds. The van der Waals surface area contributed by atoms with Gasteiger partial charge in [-0.05, 0) is 24.6 Å². The standard InChI is InChI=1S/C15H15F2N3O2S/c1-8-12-13(9-4-3-5-10(6-9)22-15(16)17)23-7-11(21)18-14(12)20(2)19-8/h3-6,13,15H,7H2,1-2H3,(H,18,21)/t13-/m0/s1. The Balaban J connectivity index is 2.04. The predicted molar refractivity (Wildman–Crippen MR) is 83.9 cm³/mol. The number of carbonyl (C=O) groups is 1. The largest absolute Gasteiger partial charge is 0.435 e. The normalized spacial score (nSPS) is 17.6. The van der Waals surface area contributed by atoms with Gasteiger partial charge in [0.05, 0.1) is 16.7 Å². The van der Waals surface area contributed by atoms with Crippen LogP contribution in [0.3, 0.4) is 0 Å². The van der Waals surface area contributed by atoms with Crippen molar-refractivity contribution in [3.63, 3.8) is 0 Å². The second-order valence-corrected chi connectivity index (χ2v) is 6.25. The molecule has 8 heteroatoms. The highest BCUT2D eigenvalue weighted by atomic mass is 32.2. The number of nitrogens with zero attached hydrogens (tertiary/aromatic N) is 2. The molecule has 0 unspecified atom stereocenters. The zero-order chi connectivity index (χ0) is 16.6. The van der Waals surface area contributed by atoms with Crippen LogP contribution >= 0.6 is 11.8 Å². The van der Waals surface area contributed by atoms with Crippen LogP contribution in [0.1, 0.15) is 22.1 Å². The fourth-order valence-electron chi connectivity index (χ4n) is 2.66. The summed E-state index contributed by atoms with van der Waals surface area (Å²) < 4.78 is 30.9. The van der Waals surface area contributed by atoms with Gasteiger partial charge in [0.1, 0.15) is 11.6 Å². The third kappa shape index (κ3) is 3.17. The van der Waals surface area contributed by atoms with Gasteiger partial charge in [0, 0.05) is 12.6 Å². The van der Waals surface area contributed by atoms with Gasteiger partial charge in [0.2, 0.25) is 5.91 Å². The first kappa shape index (κ1) is 15.8. The maximum Gasteiger partial charge on any atom is 0.387 e. The molecule has 0 spiro atoms. The summed E-state index contributed by atoms with van der Waals surface area (Å²) >= 11 is 1.43. The van der Waals surface area contributed by atoms with Crippen LogP contribution in [0.4, 0.5) is 14.6 Å². The van der Waals surface area contributed by atoms with Crippen molar-refractivity contribution >= 4 is 23.5 Å². The van der Waals surface area contributed by atoms with Crippen LogP contribution in [-0.2, 0) is 11.8 Å². The Hall–Kier alpha value is -2.09. The minimum Gasteiger partial charge on any atom is -0.435 e. The quantitative estimate of drug-likeness (QED) is 0.934. The molecule has 0 saturated heterocycles. The minimum absolute atomic E-state index is 0.102. The Bertz CT molecular complexity index is 748. The number of hydrogen-bond donors (Lipinski definition) is 1. The smallest absolute Gasteiger partial charge is 0.387 e. The Kier molecular flexibility index (Phi) is 4.25. The lowest BCUT2D eigenvalue weighted by Gasteiger charge is -2.16. The van der Waals surface area contributed by atoms with E-state index in [1.54, 1.807) is 23.9 Å². The van der Waals surface area contributed by atoms with E-state index in [2.05, 4.69) is 15.2 Å². The van der Waals surface area contributed by atoms with Crippen molar-refractivity contribution in [2.45, 2.75) is 18.8 Å². The molecule has 0 fully saturated rings. The lowest BCUT2D eigenvalue weighted by molar-refractivity contribution is -0.113. The number of nitrogens with one attached hydrogen (secondary N) is 1. The second kappa shape index (κ2) is 6.19. The number of thioether (sulfide) groups is 1. The summed E-state index contributed by atoms with van der Waals surface area (Å²) in [4.78, 5) is 11.9. The fraction of sp³-hybridized carbons (Fsp3) is 0.333. The van der Waals surface area contributed by atoms with E-state index in [0.29, 0.717) is 5.82 Å². The zero-order valence-electron chi connectivity index (χ0n) is 12.5. The summed E-state index contributed by atoms with van der Waals surface area (Å²) in [5.41, 5.74) is 2.47. The highest BCUT2D eigenvalue weighted by molar-refractivity contribution is 8.00. The molecule has 1 aliphatic rings. The van der Waals surface area contributed by atoms with Crippen molar-refractivity contribution in [3.8, 4) is 5.75 Å². The van der Waals surface area contributed by atoms with Crippen molar-refractivity contribution in [2.24, 2.45) is 7.05 Å². The number of benzene rings is 1. The molecular weight excluding hydrogens is 324 g/mol. The number of hydrogen-bond acceptors (Lipinski definition) is 4. The number of halogens is 2. The zero-order valence-corrected chi connectivity index (χ0v) is 13.4. The van der Waals surface area contributed by atoms with Crippen LogP contribution in [0.5, 0.6) is 5.75 Å². The van der Waals surface area contributed by atoms with Gasteiger partial charge in [0.15, 0.2) is 0 Å². The molecule has 0 bridgehead atoms. The number of anilines is 1. The van der Waals surface area contributed by atoms with E-state index >= 15 is 0 Å². The van der Waals surface area contributed by atoms with Gasteiger partial charge in [-0.3, -0.25) is 9.48 Å². The molecule has 1 aromatic heterocycles. The van der Waals surface area contributed by atoms with Crippen molar-refractivity contribution in [1.29, 1.82) is 0 Å². The van der Waals surface area contributed by atoms with Gasteiger partial charge in [-0.25, -0.2) is 0 Å². The second-order valence-electron chi connectivity index (χ2n) is 5.16. The van der Waals surface area contributed by atoms with E-state index < -0.39 is 6.61 Å². The van der Waals surface area contributed by atoms with E-state index in [-0.39, 0.29) is 22.7 Å². The number of carbonyl (C=O) groups excluding carboxylic acids is 1. The van der Waals surface area contributed by atoms with E-state index in [9.17, 15) is 13.6 Å². The predicted octanol–water partition coefficient (Wildman–Crippen LogP) is 3.10. The van der Waals surface area contributed by atoms with Crippen LogP contribution in [0.25, 0.3) is 0 Å². The van der Waals surface area contributed by atoms with Gasteiger partial charge in [0.25, 0.3) is 0 Å². The van der Waals surface area contributed by atoms with E-state index in [1.165, 1.54) is 17.8 Å². The number of fused-ring (bicyclic) bond motifs is 1. The summed E-state index contributed by atoms with van der Waals surface area (Å²) in [6, 6.07) is 6.56. The van der Waals surface area contributed by atoms with E-state index in [4.69, 9.17) is 0 Å². The van der Waals surface area contributed by atoms with Crippen LogP contribution < -0.4 is 10.1 Å². The highest BCUT2D eigenvalue weighted by Crippen LogP contribution is 2.43. The molecule has 2 aromatic rings. The number of amides is 1. The molecule has 1 N–H and O–H groups in total. The summed E-state index contributed by atoms with van der Waals surface area (Å²) in [5.74, 6) is 0.910. The summed E-state index contributed by atoms with van der Waals surface area (Å²) in [7, 11) is 1.76. The molecule has 3 rings (SSSR count). The van der Waals surface area contributed by atoms with Crippen LogP contribution in [0.15, 0.2) is 24.3 Å². The maximum absolute atomic E-state index is 12.4. The molecule has 5 nitrogen and oxygen atoms in total. The van der Waals surface area contributed by atoms with Crippen LogP contribution in [-0.4, -0.2) is 28.1 Å². The first-order valence-electron chi connectivity index (χ1n) is 6.95. The van der Waals surface area contributed by atoms with Crippen LogP contribution in [0, 0.1) is 6.92 Å². The molecule has 0 aliphatic carbocycles. The lowest BCUT2D eigenvalue weighted by atomic mass is 10.0. The summed E-state index contributed by atoms with van der Waals surface area (Å²) in [6.45, 7) is -1.01. The molecule has 122 valence electrons. The van der Waals surface area contributed by atoms with Crippen molar-refractivity contribution in [1.82, 2.24) is 9.78 Å². The van der Waals surface area contributed by atoms with Crippen molar-refractivity contribution < 1.29 is 18.3 Å². The molecule has 1 atom stereocenters. The average Bonchev–Trinajstić information content (AvgIpc) is 2.66. The number of aryl methyl sites for hydroxylation is 2. The number of rotatable bonds is 3. The molecular formula is C15H15F2N3O2S. The van der Waals surface area contributed by atoms with E-state index in [0.717, 1.165) is 16.8 Å². The van der Waals surface area contributed by atoms with Crippen molar-refractivity contribution in [3.05, 3.63) is 41.1 Å². The molecule has 1 aromatic carbocycles.